The molecule has 3 unspecified atom stereocenters. The number of thiazole rings is 1. The quantitative estimate of drug-likeness (QED) is 0.567. The fraction of sp³-hybridized carbons (Fsp3) is 0.542. The molecule has 2 aromatic heterocycles. The highest BCUT2D eigenvalue weighted by Gasteiger charge is 2.60. The zero-order chi connectivity index (χ0) is 23.4. The Hall–Kier alpha value is -2.33. The lowest BCUT2D eigenvalue weighted by Gasteiger charge is -2.31. The van der Waals surface area contributed by atoms with E-state index in [-0.39, 0.29) is 12.0 Å². The van der Waals surface area contributed by atoms with Crippen LogP contribution in [-0.2, 0) is 14.2 Å². The fourth-order valence-corrected chi connectivity index (χ4v) is 6.03. The number of fused-ring (bicyclic) bond motifs is 2. The van der Waals surface area contributed by atoms with Crippen molar-refractivity contribution >= 4 is 33.3 Å². The molecule has 0 bridgehead atoms. The fourth-order valence-electron chi connectivity index (χ4n) is 4.97. The number of methoxy groups -OCH3 is 1. The topological polar surface area (TPSA) is 81.6 Å². The molecule has 1 saturated carbocycles. The Balaban J connectivity index is 1.62. The van der Waals surface area contributed by atoms with E-state index in [9.17, 15) is 0 Å². The van der Waals surface area contributed by atoms with E-state index in [0.29, 0.717) is 12.6 Å². The van der Waals surface area contributed by atoms with Gasteiger partial charge in [0.25, 0.3) is 0 Å². The third-order valence-electron chi connectivity index (χ3n) is 6.31. The van der Waals surface area contributed by atoms with E-state index in [2.05, 4.69) is 11.4 Å². The van der Waals surface area contributed by atoms with Crippen LogP contribution in [-0.4, -0.2) is 60.4 Å². The van der Waals surface area contributed by atoms with Gasteiger partial charge in [-0.25, -0.2) is 9.97 Å². The van der Waals surface area contributed by atoms with Crippen molar-refractivity contribution in [2.24, 2.45) is 5.92 Å². The zero-order valence-corrected chi connectivity index (χ0v) is 20.8. The van der Waals surface area contributed by atoms with Gasteiger partial charge in [0.15, 0.2) is 11.5 Å². The van der Waals surface area contributed by atoms with Gasteiger partial charge in [-0.2, -0.15) is 4.98 Å². The average molecular weight is 470 g/mol. The molecule has 8 nitrogen and oxygen atoms in total. The van der Waals surface area contributed by atoms with E-state index in [1.807, 2.05) is 58.0 Å². The minimum Gasteiger partial charge on any atom is -0.384 e. The summed E-state index contributed by atoms with van der Waals surface area (Å²) in [7, 11) is 5.62. The summed E-state index contributed by atoms with van der Waals surface area (Å²) in [5, 5.41) is 4.58. The van der Waals surface area contributed by atoms with Crippen LogP contribution in [0.25, 0.3) is 20.8 Å². The van der Waals surface area contributed by atoms with Crippen LogP contribution in [0.5, 0.6) is 0 Å². The van der Waals surface area contributed by atoms with E-state index in [1.54, 1.807) is 18.4 Å². The molecule has 3 atom stereocenters. The van der Waals surface area contributed by atoms with Crippen molar-refractivity contribution in [2.75, 3.05) is 38.0 Å². The van der Waals surface area contributed by atoms with Crippen molar-refractivity contribution in [1.29, 1.82) is 0 Å². The van der Waals surface area contributed by atoms with Gasteiger partial charge in [-0.1, -0.05) is 12.1 Å². The third-order valence-corrected chi connectivity index (χ3v) is 7.36. The van der Waals surface area contributed by atoms with Crippen molar-refractivity contribution < 1.29 is 14.2 Å². The second-order valence-corrected chi connectivity index (χ2v) is 10.6. The number of hydrogen-bond acceptors (Lipinski definition) is 9. The Morgan fingerprint density at radius 2 is 2.00 bits per heavy atom. The molecule has 0 amide bonds. The predicted octanol–water partition coefficient (Wildman–Crippen LogP) is 4.44. The van der Waals surface area contributed by atoms with Crippen molar-refractivity contribution in [2.45, 2.75) is 51.2 Å². The van der Waals surface area contributed by atoms with E-state index >= 15 is 0 Å². The number of anilines is 2. The molecule has 2 fully saturated rings. The van der Waals surface area contributed by atoms with Crippen LogP contribution < -0.4 is 10.2 Å². The van der Waals surface area contributed by atoms with Crippen LogP contribution >= 0.6 is 11.3 Å². The lowest BCUT2D eigenvalue weighted by Crippen LogP contribution is -2.46. The van der Waals surface area contributed by atoms with E-state index in [1.165, 1.54) is 0 Å². The summed E-state index contributed by atoms with van der Waals surface area (Å²) in [6, 6.07) is 8.16. The maximum Gasteiger partial charge on any atom is 0.227 e. The summed E-state index contributed by atoms with van der Waals surface area (Å²) in [6.45, 7) is 6.56. The highest BCUT2D eigenvalue weighted by atomic mass is 32.1. The molecule has 33 heavy (non-hydrogen) atoms. The summed E-state index contributed by atoms with van der Waals surface area (Å²) in [6.07, 6.45) is 1.60. The lowest BCUT2D eigenvalue weighted by molar-refractivity contribution is -0.168. The van der Waals surface area contributed by atoms with E-state index < -0.39 is 11.5 Å². The van der Waals surface area contributed by atoms with Gasteiger partial charge in [0.2, 0.25) is 5.95 Å². The standard InChI is InChI=1S/C24H31N5O3S/c1-14-18(21-26-16-9-7-8-10-17(16)33-21)20(27-22(25-14)29(4)5)28-24-12-11-15(13-30-6)19(24)31-23(2,3)32-24/h7-10,15,19H,11-13H2,1-6H3,(H,25,27,28). The Kier molecular flexibility index (Phi) is 5.55. The van der Waals surface area contributed by atoms with Gasteiger partial charge >= 0.3 is 0 Å². The molecular weight excluding hydrogens is 438 g/mol. The molecular formula is C24H31N5O3S. The number of para-hydroxylation sites is 1. The summed E-state index contributed by atoms with van der Waals surface area (Å²) >= 11 is 1.65. The van der Waals surface area contributed by atoms with Crippen LogP contribution in [0, 0.1) is 12.8 Å². The second-order valence-electron chi connectivity index (χ2n) is 9.52. The first-order valence-electron chi connectivity index (χ1n) is 11.3. The first-order valence-corrected chi connectivity index (χ1v) is 12.1. The van der Waals surface area contributed by atoms with Crippen molar-refractivity contribution in [3.8, 4) is 10.6 Å². The SMILES string of the molecule is COCC1CCC2(Nc3nc(N(C)C)nc(C)c3-c3nc4ccccc4s3)OC(C)(C)OC12. The Morgan fingerprint density at radius 3 is 2.73 bits per heavy atom. The maximum absolute atomic E-state index is 6.55. The van der Waals surface area contributed by atoms with Gasteiger partial charge in [-0.05, 0) is 45.7 Å². The second kappa shape index (κ2) is 8.16. The number of ether oxygens (including phenoxy) is 3. The van der Waals surface area contributed by atoms with Crippen LogP contribution in [0.4, 0.5) is 11.8 Å². The predicted molar refractivity (Wildman–Crippen MR) is 131 cm³/mol. The molecule has 1 N–H and O–H groups in total. The smallest absolute Gasteiger partial charge is 0.227 e. The molecule has 2 aliphatic rings. The van der Waals surface area contributed by atoms with E-state index in [4.69, 9.17) is 29.2 Å². The van der Waals surface area contributed by atoms with Gasteiger partial charge in [0.1, 0.15) is 16.9 Å². The lowest BCUT2D eigenvalue weighted by atomic mass is 10.0. The number of aromatic nitrogens is 3. The molecule has 9 heteroatoms. The van der Waals surface area contributed by atoms with Gasteiger partial charge < -0.3 is 24.4 Å². The highest BCUT2D eigenvalue weighted by Crippen LogP contribution is 2.50. The molecule has 1 aromatic carbocycles. The Labute approximate surface area is 198 Å². The number of aryl methyl sites for hydroxylation is 1. The number of benzene rings is 1. The van der Waals surface area contributed by atoms with Crippen molar-refractivity contribution in [3.63, 3.8) is 0 Å². The monoisotopic (exact) mass is 469 g/mol. The molecule has 0 spiro atoms. The van der Waals surface area contributed by atoms with Crippen molar-refractivity contribution in [1.82, 2.24) is 15.0 Å². The maximum atomic E-state index is 6.55. The first-order chi connectivity index (χ1) is 15.7. The molecule has 0 radical (unpaired) electrons. The summed E-state index contributed by atoms with van der Waals surface area (Å²) in [5.41, 5.74) is 2.05. The van der Waals surface area contributed by atoms with Gasteiger partial charge in [0.05, 0.1) is 28.1 Å². The van der Waals surface area contributed by atoms with Gasteiger partial charge in [0, 0.05) is 27.1 Å². The number of nitrogens with one attached hydrogen (secondary N) is 1. The van der Waals surface area contributed by atoms with Crippen LogP contribution in [0.1, 0.15) is 32.4 Å². The van der Waals surface area contributed by atoms with Crippen LogP contribution in [0.3, 0.4) is 0 Å². The molecule has 3 aromatic rings. The summed E-state index contributed by atoms with van der Waals surface area (Å²) < 4.78 is 19.6. The molecule has 3 heterocycles. The minimum atomic E-state index is -0.702. The van der Waals surface area contributed by atoms with Crippen LogP contribution in [0.15, 0.2) is 24.3 Å². The molecule has 176 valence electrons. The molecule has 1 saturated heterocycles. The Morgan fingerprint density at radius 1 is 1.21 bits per heavy atom. The summed E-state index contributed by atoms with van der Waals surface area (Å²) in [4.78, 5) is 16.5. The zero-order valence-electron chi connectivity index (χ0n) is 20.0. The van der Waals surface area contributed by atoms with Crippen molar-refractivity contribution in [3.05, 3.63) is 30.0 Å². The Bertz CT molecular complexity index is 1150. The molecule has 1 aliphatic carbocycles. The number of nitrogens with zero attached hydrogens (tertiary/aromatic N) is 4. The average Bonchev–Trinajstić information content (AvgIpc) is 3.37. The summed E-state index contributed by atoms with van der Waals surface area (Å²) in [5.74, 6) is 0.894. The number of rotatable bonds is 6. The van der Waals surface area contributed by atoms with E-state index in [0.717, 1.165) is 45.1 Å². The molecule has 5 rings (SSSR count). The first kappa shape index (κ1) is 22.5. The largest absolute Gasteiger partial charge is 0.384 e. The highest BCUT2D eigenvalue weighted by molar-refractivity contribution is 7.21. The number of hydrogen-bond donors (Lipinski definition) is 1. The molecule has 1 aliphatic heterocycles. The van der Waals surface area contributed by atoms with Gasteiger partial charge in [-0.3, -0.25) is 0 Å². The van der Waals surface area contributed by atoms with Gasteiger partial charge in [-0.15, -0.1) is 11.3 Å². The van der Waals surface area contributed by atoms with Crippen LogP contribution in [0.2, 0.25) is 0 Å². The minimum absolute atomic E-state index is 0.145. The normalized spacial score (nSPS) is 26.0. The third kappa shape index (κ3) is 3.97.